The van der Waals surface area contributed by atoms with Crippen molar-refractivity contribution in [3.8, 4) is 0 Å². The number of rotatable bonds is 3. The fourth-order valence-electron chi connectivity index (χ4n) is 1.52. The van der Waals surface area contributed by atoms with Crippen LogP contribution in [-0.4, -0.2) is 16.3 Å². The second-order valence-electron chi connectivity index (χ2n) is 3.20. The molecule has 3 nitrogen and oxygen atoms in total. The van der Waals surface area contributed by atoms with Gasteiger partial charge in [-0.1, -0.05) is 22.0 Å². The lowest BCUT2D eigenvalue weighted by molar-refractivity contribution is 0.112. The van der Waals surface area contributed by atoms with Gasteiger partial charge in [-0.05, 0) is 6.07 Å². The summed E-state index contributed by atoms with van der Waals surface area (Å²) in [5.74, 6) is 0.520. The summed E-state index contributed by atoms with van der Waals surface area (Å²) in [7, 11) is 0. The van der Waals surface area contributed by atoms with Gasteiger partial charge >= 0.3 is 0 Å². The molecule has 2 rings (SSSR count). The predicted octanol–water partition coefficient (Wildman–Crippen LogP) is 3.21. The van der Waals surface area contributed by atoms with Gasteiger partial charge in [0.25, 0.3) is 6.43 Å². The van der Waals surface area contributed by atoms with E-state index < -0.39 is 6.43 Å². The molecule has 0 radical (unpaired) electrons. The van der Waals surface area contributed by atoms with Gasteiger partial charge in [0.1, 0.15) is 5.82 Å². The molecule has 1 aromatic heterocycles. The number of nitrogens with zero attached hydrogens (tertiary/aromatic N) is 1. The minimum absolute atomic E-state index is 0.161. The van der Waals surface area contributed by atoms with Gasteiger partial charge in [-0.2, -0.15) is 0 Å². The summed E-state index contributed by atoms with van der Waals surface area (Å²) in [5.41, 5.74) is 0.694. The first-order valence-corrected chi connectivity index (χ1v) is 5.60. The van der Waals surface area contributed by atoms with Crippen molar-refractivity contribution >= 4 is 33.2 Å². The lowest BCUT2D eigenvalue weighted by atomic mass is 10.1. The lowest BCUT2D eigenvalue weighted by Crippen LogP contribution is -1.90. The summed E-state index contributed by atoms with van der Waals surface area (Å²) in [4.78, 5) is 17.6. The van der Waals surface area contributed by atoms with Crippen molar-refractivity contribution in [3.05, 3.63) is 29.1 Å². The molecule has 2 aromatic rings. The Morgan fingerprint density at radius 2 is 2.25 bits per heavy atom. The molecule has 1 aromatic carbocycles. The molecular formula is C10H7BrF2N2O. The maximum atomic E-state index is 12.7. The normalized spacial score (nSPS) is 11.2. The van der Waals surface area contributed by atoms with Crippen LogP contribution < -0.4 is 0 Å². The largest absolute Gasteiger partial charge is 0.341 e. The molecule has 0 unspecified atom stereocenters. The third kappa shape index (κ3) is 1.73. The number of carbonyl (C=O) groups excluding carboxylic acids is 1. The molecule has 0 aliphatic rings. The number of carbonyl (C=O) groups is 1. The number of hydrogen-bond acceptors (Lipinski definition) is 2. The van der Waals surface area contributed by atoms with E-state index in [2.05, 4.69) is 25.9 Å². The zero-order chi connectivity index (χ0) is 11.7. The van der Waals surface area contributed by atoms with Gasteiger partial charge in [-0.25, -0.2) is 13.8 Å². The van der Waals surface area contributed by atoms with Crippen LogP contribution in [0.3, 0.4) is 0 Å². The first kappa shape index (κ1) is 11.2. The highest BCUT2D eigenvalue weighted by Gasteiger charge is 2.16. The molecule has 16 heavy (non-hydrogen) atoms. The molecule has 0 saturated heterocycles. The predicted molar refractivity (Wildman–Crippen MR) is 59.1 cm³/mol. The average Bonchev–Trinajstić information content (AvgIpc) is 2.70. The number of benzene rings is 1. The second kappa shape index (κ2) is 4.29. The van der Waals surface area contributed by atoms with E-state index in [4.69, 9.17) is 0 Å². The SMILES string of the molecule is O=Cc1ccc(C(F)F)c2nc(CBr)[nH]c12. The number of aromatic amines is 1. The number of hydrogen-bond donors (Lipinski definition) is 1. The molecule has 0 saturated carbocycles. The Morgan fingerprint density at radius 1 is 1.50 bits per heavy atom. The van der Waals surface area contributed by atoms with E-state index in [1.54, 1.807) is 0 Å². The molecule has 84 valence electrons. The highest BCUT2D eigenvalue weighted by Crippen LogP contribution is 2.28. The van der Waals surface area contributed by atoms with Crippen molar-refractivity contribution in [1.82, 2.24) is 9.97 Å². The summed E-state index contributed by atoms with van der Waals surface area (Å²) >= 11 is 3.17. The topological polar surface area (TPSA) is 45.8 Å². The molecule has 1 heterocycles. The number of nitrogens with one attached hydrogen (secondary N) is 1. The lowest BCUT2D eigenvalue weighted by Gasteiger charge is -2.01. The van der Waals surface area contributed by atoms with Crippen molar-refractivity contribution in [3.63, 3.8) is 0 Å². The molecule has 0 atom stereocenters. The van der Waals surface area contributed by atoms with E-state index in [1.165, 1.54) is 12.1 Å². The van der Waals surface area contributed by atoms with Crippen LogP contribution in [-0.2, 0) is 5.33 Å². The standard InChI is InChI=1S/C10H7BrF2N2O/c11-3-7-14-8-5(4-16)1-2-6(10(12)13)9(8)15-7/h1-2,4,10H,3H2,(H,14,15). The molecule has 0 spiro atoms. The van der Waals surface area contributed by atoms with E-state index in [9.17, 15) is 13.6 Å². The minimum Gasteiger partial charge on any atom is -0.341 e. The van der Waals surface area contributed by atoms with Gasteiger partial charge in [-0.15, -0.1) is 0 Å². The Hall–Kier alpha value is -1.30. The zero-order valence-electron chi connectivity index (χ0n) is 8.01. The van der Waals surface area contributed by atoms with Gasteiger partial charge in [0.05, 0.1) is 16.4 Å². The fraction of sp³-hybridized carbons (Fsp3) is 0.200. The maximum absolute atomic E-state index is 12.7. The van der Waals surface area contributed by atoms with E-state index >= 15 is 0 Å². The third-order valence-corrected chi connectivity index (χ3v) is 2.78. The smallest absolute Gasteiger partial charge is 0.266 e. The van der Waals surface area contributed by atoms with Crippen molar-refractivity contribution in [1.29, 1.82) is 0 Å². The van der Waals surface area contributed by atoms with Gasteiger partial charge < -0.3 is 4.98 Å². The van der Waals surface area contributed by atoms with Crippen molar-refractivity contribution < 1.29 is 13.6 Å². The van der Waals surface area contributed by atoms with E-state index in [-0.39, 0.29) is 11.1 Å². The van der Waals surface area contributed by atoms with Crippen molar-refractivity contribution in [2.45, 2.75) is 11.8 Å². The number of halogens is 3. The number of aromatic nitrogens is 2. The van der Waals surface area contributed by atoms with Crippen LogP contribution in [0.1, 0.15) is 28.2 Å². The molecule has 0 bridgehead atoms. The Bertz CT molecular complexity index is 539. The first-order chi connectivity index (χ1) is 7.67. The van der Waals surface area contributed by atoms with Gasteiger partial charge in [0.15, 0.2) is 6.29 Å². The quantitative estimate of drug-likeness (QED) is 0.696. The Balaban J connectivity index is 2.77. The van der Waals surface area contributed by atoms with E-state index in [0.717, 1.165) is 0 Å². The van der Waals surface area contributed by atoms with Crippen LogP contribution in [0.4, 0.5) is 8.78 Å². The molecule has 0 aliphatic heterocycles. The van der Waals surface area contributed by atoms with Crippen LogP contribution in [0.25, 0.3) is 11.0 Å². The van der Waals surface area contributed by atoms with Crippen LogP contribution in [0.15, 0.2) is 12.1 Å². The second-order valence-corrected chi connectivity index (χ2v) is 3.76. The monoisotopic (exact) mass is 288 g/mol. The van der Waals surface area contributed by atoms with Gasteiger partial charge in [0.2, 0.25) is 0 Å². The molecule has 6 heteroatoms. The molecule has 1 N–H and O–H groups in total. The maximum Gasteiger partial charge on any atom is 0.266 e. The summed E-state index contributed by atoms with van der Waals surface area (Å²) in [5, 5.41) is 0.419. The first-order valence-electron chi connectivity index (χ1n) is 4.48. The number of imidazole rings is 1. The number of H-pyrrole nitrogens is 1. The van der Waals surface area contributed by atoms with Crippen LogP contribution >= 0.6 is 15.9 Å². The minimum atomic E-state index is -2.60. The van der Waals surface area contributed by atoms with Crippen molar-refractivity contribution in [2.24, 2.45) is 0 Å². The fourth-order valence-corrected chi connectivity index (χ4v) is 1.79. The number of alkyl halides is 3. The Morgan fingerprint density at radius 3 is 2.81 bits per heavy atom. The molecule has 0 amide bonds. The van der Waals surface area contributed by atoms with E-state index in [0.29, 0.717) is 28.5 Å². The van der Waals surface area contributed by atoms with Crippen LogP contribution in [0.5, 0.6) is 0 Å². The average molecular weight is 289 g/mol. The van der Waals surface area contributed by atoms with Crippen molar-refractivity contribution in [2.75, 3.05) is 0 Å². The van der Waals surface area contributed by atoms with Gasteiger partial charge in [-0.3, -0.25) is 4.79 Å². The number of fused-ring (bicyclic) bond motifs is 1. The highest BCUT2D eigenvalue weighted by molar-refractivity contribution is 9.08. The molecular weight excluding hydrogens is 282 g/mol. The molecule has 0 fully saturated rings. The highest BCUT2D eigenvalue weighted by atomic mass is 79.9. The third-order valence-electron chi connectivity index (χ3n) is 2.25. The zero-order valence-corrected chi connectivity index (χ0v) is 9.59. The summed E-state index contributed by atoms with van der Waals surface area (Å²) in [6.45, 7) is 0. The number of aldehydes is 1. The Labute approximate surface area is 98.0 Å². The van der Waals surface area contributed by atoms with Crippen LogP contribution in [0, 0.1) is 0 Å². The Kier molecular flexibility index (Phi) is 3.00. The summed E-state index contributed by atoms with van der Waals surface area (Å²) < 4.78 is 25.4. The summed E-state index contributed by atoms with van der Waals surface area (Å²) in [6.07, 6.45) is -1.98. The van der Waals surface area contributed by atoms with Crippen LogP contribution in [0.2, 0.25) is 0 Å². The van der Waals surface area contributed by atoms with E-state index in [1.807, 2.05) is 0 Å². The van der Waals surface area contributed by atoms with Gasteiger partial charge in [0, 0.05) is 11.1 Å². The summed E-state index contributed by atoms with van der Waals surface area (Å²) in [6, 6.07) is 2.60. The molecule has 0 aliphatic carbocycles.